The van der Waals surface area contributed by atoms with Crippen molar-refractivity contribution < 1.29 is 14.0 Å². The fraction of sp³-hybridized carbons (Fsp3) is 0.333. The number of hydrazine groups is 1. The van der Waals surface area contributed by atoms with Crippen LogP contribution in [0.4, 0.5) is 14.9 Å². The average Bonchev–Trinajstić information content (AvgIpc) is 2.88. The second kappa shape index (κ2) is 5.96. The smallest absolute Gasteiger partial charge is 0.312 e. The molecule has 0 aromatic heterocycles. The van der Waals surface area contributed by atoms with Crippen molar-refractivity contribution in [1.29, 1.82) is 0 Å². The van der Waals surface area contributed by atoms with Crippen LogP contribution in [0.1, 0.15) is 6.42 Å². The molecule has 0 radical (unpaired) electrons. The van der Waals surface area contributed by atoms with Crippen LogP contribution >= 0.6 is 11.6 Å². The summed E-state index contributed by atoms with van der Waals surface area (Å²) in [5.41, 5.74) is 5.35. The molecule has 0 aliphatic carbocycles. The van der Waals surface area contributed by atoms with E-state index in [9.17, 15) is 14.0 Å². The van der Waals surface area contributed by atoms with Crippen LogP contribution in [0.25, 0.3) is 0 Å². The first kappa shape index (κ1) is 14.4. The number of carbonyl (C=O) groups is 2. The van der Waals surface area contributed by atoms with E-state index in [4.69, 9.17) is 17.3 Å². The van der Waals surface area contributed by atoms with E-state index >= 15 is 0 Å². The van der Waals surface area contributed by atoms with Gasteiger partial charge in [0.2, 0.25) is 0 Å². The SMILES string of the molecule is NC(=O)NCC(=O)N1CCCN1c1cc(F)ccc1Cl. The molecule has 2 rings (SSSR count). The lowest BCUT2D eigenvalue weighted by Gasteiger charge is -2.30. The van der Waals surface area contributed by atoms with Gasteiger partial charge in [0.05, 0.1) is 10.7 Å². The molecule has 3 amide bonds. The molecule has 0 spiro atoms. The average molecular weight is 301 g/mol. The van der Waals surface area contributed by atoms with E-state index in [1.165, 1.54) is 23.2 Å². The van der Waals surface area contributed by atoms with E-state index < -0.39 is 11.8 Å². The number of hydrogen-bond donors (Lipinski definition) is 2. The van der Waals surface area contributed by atoms with Gasteiger partial charge in [-0.1, -0.05) is 11.6 Å². The third-order valence-electron chi connectivity index (χ3n) is 2.92. The molecule has 3 N–H and O–H groups in total. The van der Waals surface area contributed by atoms with Gasteiger partial charge in [0.15, 0.2) is 0 Å². The summed E-state index contributed by atoms with van der Waals surface area (Å²) >= 11 is 6.04. The summed E-state index contributed by atoms with van der Waals surface area (Å²) in [5.74, 6) is -0.763. The maximum atomic E-state index is 13.3. The number of nitrogens with one attached hydrogen (secondary N) is 1. The lowest BCUT2D eigenvalue weighted by Crippen LogP contribution is -2.47. The zero-order valence-corrected chi connectivity index (χ0v) is 11.4. The molecule has 6 nitrogen and oxygen atoms in total. The summed E-state index contributed by atoms with van der Waals surface area (Å²) in [5, 5.41) is 5.62. The first-order valence-electron chi connectivity index (χ1n) is 6.05. The molecular weight excluding hydrogens is 287 g/mol. The number of hydrogen-bond acceptors (Lipinski definition) is 3. The molecule has 20 heavy (non-hydrogen) atoms. The Morgan fingerprint density at radius 1 is 1.40 bits per heavy atom. The molecule has 0 unspecified atom stereocenters. The van der Waals surface area contributed by atoms with Gasteiger partial charge in [-0.2, -0.15) is 0 Å². The van der Waals surface area contributed by atoms with E-state index in [1.807, 2.05) is 0 Å². The zero-order chi connectivity index (χ0) is 14.7. The molecule has 1 aromatic carbocycles. The van der Waals surface area contributed by atoms with Gasteiger partial charge in [0, 0.05) is 19.2 Å². The van der Waals surface area contributed by atoms with Gasteiger partial charge in [-0.05, 0) is 18.6 Å². The molecule has 0 saturated carbocycles. The van der Waals surface area contributed by atoms with Gasteiger partial charge >= 0.3 is 6.03 Å². The molecule has 108 valence electrons. The van der Waals surface area contributed by atoms with Crippen LogP contribution in [0.15, 0.2) is 18.2 Å². The predicted octanol–water partition coefficient (Wildman–Crippen LogP) is 1.10. The minimum atomic E-state index is -0.770. The molecule has 1 fully saturated rings. The van der Waals surface area contributed by atoms with E-state index in [2.05, 4.69) is 5.32 Å². The minimum Gasteiger partial charge on any atom is -0.352 e. The summed E-state index contributed by atoms with van der Waals surface area (Å²) < 4.78 is 13.3. The number of rotatable bonds is 3. The molecule has 0 bridgehead atoms. The van der Waals surface area contributed by atoms with E-state index in [0.29, 0.717) is 23.8 Å². The molecular formula is C12H14ClFN4O2. The topological polar surface area (TPSA) is 78.7 Å². The Hall–Kier alpha value is -2.02. The fourth-order valence-corrected chi connectivity index (χ4v) is 2.27. The van der Waals surface area contributed by atoms with Crippen LogP contribution in [0.2, 0.25) is 5.02 Å². The lowest BCUT2D eigenvalue weighted by atomic mass is 10.3. The third kappa shape index (κ3) is 3.11. The summed E-state index contributed by atoms with van der Waals surface area (Å²) in [6, 6.07) is 3.19. The van der Waals surface area contributed by atoms with Crippen LogP contribution in [0, 0.1) is 5.82 Å². The van der Waals surface area contributed by atoms with Crippen LogP contribution in [0.5, 0.6) is 0 Å². The Bertz CT molecular complexity index is 540. The number of urea groups is 1. The van der Waals surface area contributed by atoms with Gasteiger partial charge in [0.25, 0.3) is 5.91 Å². The fourth-order valence-electron chi connectivity index (χ4n) is 2.06. The van der Waals surface area contributed by atoms with Gasteiger partial charge in [-0.3, -0.25) is 14.8 Å². The summed E-state index contributed by atoms with van der Waals surface area (Å²) in [4.78, 5) is 22.6. The van der Waals surface area contributed by atoms with Crippen molar-refractivity contribution >= 4 is 29.2 Å². The Balaban J connectivity index is 2.16. The maximum absolute atomic E-state index is 13.3. The van der Waals surface area contributed by atoms with Crippen molar-refractivity contribution in [3.05, 3.63) is 29.0 Å². The summed E-state index contributed by atoms with van der Waals surface area (Å²) in [7, 11) is 0. The number of anilines is 1. The van der Waals surface area contributed by atoms with Crippen molar-refractivity contribution in [1.82, 2.24) is 10.3 Å². The molecule has 1 saturated heterocycles. The highest BCUT2D eigenvalue weighted by Crippen LogP contribution is 2.30. The van der Waals surface area contributed by atoms with Gasteiger partial charge in [0.1, 0.15) is 12.4 Å². The highest BCUT2D eigenvalue weighted by Gasteiger charge is 2.28. The van der Waals surface area contributed by atoms with Gasteiger partial charge < -0.3 is 11.1 Å². The number of nitrogens with zero attached hydrogens (tertiary/aromatic N) is 2. The first-order chi connectivity index (χ1) is 9.49. The van der Waals surface area contributed by atoms with Crippen molar-refractivity contribution in [3.63, 3.8) is 0 Å². The predicted molar refractivity (Wildman–Crippen MR) is 72.7 cm³/mol. The molecule has 0 atom stereocenters. The van der Waals surface area contributed by atoms with Crippen LogP contribution in [0.3, 0.4) is 0 Å². The highest BCUT2D eigenvalue weighted by molar-refractivity contribution is 6.33. The van der Waals surface area contributed by atoms with Crippen molar-refractivity contribution in [3.8, 4) is 0 Å². The first-order valence-corrected chi connectivity index (χ1v) is 6.43. The van der Waals surface area contributed by atoms with Crippen LogP contribution < -0.4 is 16.1 Å². The molecule has 1 heterocycles. The normalized spacial score (nSPS) is 14.5. The second-order valence-corrected chi connectivity index (χ2v) is 4.71. The van der Waals surface area contributed by atoms with Crippen LogP contribution in [-0.4, -0.2) is 36.6 Å². The van der Waals surface area contributed by atoms with Crippen molar-refractivity contribution in [2.75, 3.05) is 24.6 Å². The van der Waals surface area contributed by atoms with E-state index in [1.54, 1.807) is 5.01 Å². The largest absolute Gasteiger partial charge is 0.352 e. The number of amides is 3. The molecule has 1 aliphatic heterocycles. The van der Waals surface area contributed by atoms with Crippen molar-refractivity contribution in [2.45, 2.75) is 6.42 Å². The second-order valence-electron chi connectivity index (χ2n) is 4.31. The molecule has 1 aromatic rings. The van der Waals surface area contributed by atoms with E-state index in [0.717, 1.165) is 6.42 Å². The number of benzene rings is 1. The Labute approximate surface area is 120 Å². The van der Waals surface area contributed by atoms with E-state index in [-0.39, 0.29) is 12.5 Å². The quantitative estimate of drug-likeness (QED) is 0.877. The molecule has 1 aliphatic rings. The Kier molecular flexibility index (Phi) is 4.29. The minimum absolute atomic E-state index is 0.210. The number of carbonyl (C=O) groups excluding carboxylic acids is 2. The Morgan fingerprint density at radius 3 is 2.85 bits per heavy atom. The van der Waals surface area contributed by atoms with Crippen molar-refractivity contribution in [2.24, 2.45) is 5.73 Å². The number of primary amides is 1. The third-order valence-corrected chi connectivity index (χ3v) is 3.24. The number of nitrogens with two attached hydrogens (primary N) is 1. The summed E-state index contributed by atoms with van der Waals surface area (Å²) in [6.45, 7) is 0.816. The Morgan fingerprint density at radius 2 is 2.15 bits per heavy atom. The molecule has 8 heteroatoms. The van der Waals surface area contributed by atoms with Gasteiger partial charge in [-0.25, -0.2) is 9.18 Å². The zero-order valence-electron chi connectivity index (χ0n) is 10.6. The number of halogens is 2. The lowest BCUT2D eigenvalue weighted by molar-refractivity contribution is -0.129. The van der Waals surface area contributed by atoms with Crippen LogP contribution in [-0.2, 0) is 4.79 Å². The maximum Gasteiger partial charge on any atom is 0.312 e. The van der Waals surface area contributed by atoms with Gasteiger partial charge in [-0.15, -0.1) is 0 Å². The standard InChI is InChI=1S/C12H14ClFN4O2/c13-9-3-2-8(14)6-10(9)17-4-1-5-18(17)11(19)7-16-12(15)20/h2-3,6H,1,4-5,7H2,(H3,15,16,20). The summed E-state index contributed by atoms with van der Waals surface area (Å²) in [6.07, 6.45) is 0.731. The monoisotopic (exact) mass is 300 g/mol. The highest BCUT2D eigenvalue weighted by atomic mass is 35.5.